The molecule has 1 aromatic heterocycles. The number of carbonyl (C=O) groups excluding carboxylic acids is 1. The normalized spacial score (nSPS) is 12.2. The van der Waals surface area contributed by atoms with Gasteiger partial charge in [0.25, 0.3) is 0 Å². The molecule has 1 heterocycles. The molecular formula is C18H14F3N3OS. The van der Waals surface area contributed by atoms with Crippen molar-refractivity contribution in [3.63, 3.8) is 0 Å². The third-order valence-electron chi connectivity index (χ3n) is 3.79. The lowest BCUT2D eigenvalue weighted by Crippen LogP contribution is -2.16. The van der Waals surface area contributed by atoms with Crippen molar-refractivity contribution in [3.8, 4) is 11.4 Å². The summed E-state index contributed by atoms with van der Waals surface area (Å²) in [5, 5.41) is 7.91. The monoisotopic (exact) mass is 377 g/mol. The van der Waals surface area contributed by atoms with E-state index in [0.29, 0.717) is 22.6 Å². The second-order valence-corrected chi connectivity index (χ2v) is 6.93. The van der Waals surface area contributed by atoms with E-state index in [2.05, 4.69) is 10.2 Å². The van der Waals surface area contributed by atoms with Crippen LogP contribution in [-0.4, -0.2) is 25.8 Å². The first kappa shape index (κ1) is 18.2. The molecule has 0 saturated heterocycles. The fourth-order valence-corrected chi connectivity index (χ4v) is 3.27. The number of benzene rings is 2. The third-order valence-corrected chi connectivity index (χ3v) is 4.92. The standard InChI is InChI=1S/C18H14F3N3OS/c1-10(16(25)14-8-7-13(20)9-15(14)21)26-18-23-22-17(24(18)2)11-3-5-12(19)6-4-11/h3-10H,1-2H3. The molecule has 8 heteroatoms. The van der Waals surface area contributed by atoms with E-state index in [4.69, 9.17) is 0 Å². The Morgan fingerprint density at radius 1 is 1.04 bits per heavy atom. The lowest BCUT2D eigenvalue weighted by atomic mass is 10.1. The van der Waals surface area contributed by atoms with E-state index in [-0.39, 0.29) is 11.4 Å². The van der Waals surface area contributed by atoms with Gasteiger partial charge in [0.05, 0.1) is 10.8 Å². The van der Waals surface area contributed by atoms with Gasteiger partial charge in [-0.2, -0.15) is 0 Å². The largest absolute Gasteiger partial charge is 0.305 e. The Morgan fingerprint density at radius 2 is 1.69 bits per heavy atom. The summed E-state index contributed by atoms with van der Waals surface area (Å²) < 4.78 is 41.5. The summed E-state index contributed by atoms with van der Waals surface area (Å²) >= 11 is 1.11. The maximum absolute atomic E-state index is 13.8. The predicted octanol–water partition coefficient (Wildman–Crippen LogP) is 4.26. The van der Waals surface area contributed by atoms with Crippen LogP contribution in [0.2, 0.25) is 0 Å². The number of Topliss-reactive ketones (excluding diaryl/α,β-unsaturated/α-hetero) is 1. The van der Waals surface area contributed by atoms with Crippen LogP contribution < -0.4 is 0 Å². The van der Waals surface area contributed by atoms with Crippen molar-refractivity contribution in [3.05, 3.63) is 65.5 Å². The molecule has 0 fully saturated rings. The molecule has 0 spiro atoms. The highest BCUT2D eigenvalue weighted by Crippen LogP contribution is 2.28. The summed E-state index contributed by atoms with van der Waals surface area (Å²) in [5.41, 5.74) is 0.504. The van der Waals surface area contributed by atoms with Gasteiger partial charge in [0.2, 0.25) is 0 Å². The highest BCUT2D eigenvalue weighted by Gasteiger charge is 2.23. The first-order valence-corrected chi connectivity index (χ1v) is 8.56. The first-order valence-electron chi connectivity index (χ1n) is 7.68. The topological polar surface area (TPSA) is 47.8 Å². The van der Waals surface area contributed by atoms with Crippen LogP contribution in [0, 0.1) is 17.5 Å². The highest BCUT2D eigenvalue weighted by atomic mass is 32.2. The summed E-state index contributed by atoms with van der Waals surface area (Å²) in [6, 6.07) is 8.65. The van der Waals surface area contributed by atoms with Gasteiger partial charge in [-0.25, -0.2) is 13.2 Å². The average molecular weight is 377 g/mol. The molecule has 3 aromatic rings. The molecule has 0 N–H and O–H groups in total. The summed E-state index contributed by atoms with van der Waals surface area (Å²) in [5.74, 6) is -1.95. The van der Waals surface area contributed by atoms with Crippen LogP contribution in [0.25, 0.3) is 11.4 Å². The molecule has 2 aromatic carbocycles. The molecule has 1 unspecified atom stereocenters. The van der Waals surface area contributed by atoms with Gasteiger partial charge in [-0.3, -0.25) is 4.79 Å². The van der Waals surface area contributed by atoms with E-state index >= 15 is 0 Å². The molecule has 0 bridgehead atoms. The number of halogens is 3. The number of nitrogens with zero attached hydrogens (tertiary/aromatic N) is 3. The quantitative estimate of drug-likeness (QED) is 0.492. The molecule has 1 atom stereocenters. The Kier molecular flexibility index (Phi) is 5.13. The van der Waals surface area contributed by atoms with Crippen LogP contribution in [0.5, 0.6) is 0 Å². The average Bonchev–Trinajstić information content (AvgIpc) is 2.96. The second-order valence-electron chi connectivity index (χ2n) is 5.62. The molecule has 0 aliphatic rings. The van der Waals surface area contributed by atoms with Gasteiger partial charge in [-0.15, -0.1) is 10.2 Å². The van der Waals surface area contributed by atoms with Crippen molar-refractivity contribution in [1.29, 1.82) is 0 Å². The summed E-state index contributed by atoms with van der Waals surface area (Å²) in [4.78, 5) is 12.4. The Morgan fingerprint density at radius 3 is 2.35 bits per heavy atom. The Labute approximate surface area is 152 Å². The number of hydrogen-bond donors (Lipinski definition) is 0. The van der Waals surface area contributed by atoms with E-state index < -0.39 is 22.7 Å². The molecule has 0 amide bonds. The van der Waals surface area contributed by atoms with Crippen LogP contribution in [-0.2, 0) is 7.05 Å². The minimum Gasteiger partial charge on any atom is -0.305 e. The van der Waals surface area contributed by atoms with Crippen molar-refractivity contribution >= 4 is 17.5 Å². The first-order chi connectivity index (χ1) is 12.4. The number of thioether (sulfide) groups is 1. The zero-order chi connectivity index (χ0) is 18.8. The lowest BCUT2D eigenvalue weighted by Gasteiger charge is -2.11. The smallest absolute Gasteiger partial charge is 0.191 e. The van der Waals surface area contributed by atoms with Gasteiger partial charge in [0.1, 0.15) is 17.5 Å². The molecule has 0 aliphatic heterocycles. The second kappa shape index (κ2) is 7.33. The number of hydrogen-bond acceptors (Lipinski definition) is 4. The van der Waals surface area contributed by atoms with Crippen LogP contribution in [0.3, 0.4) is 0 Å². The maximum Gasteiger partial charge on any atom is 0.191 e. The highest BCUT2D eigenvalue weighted by molar-refractivity contribution is 8.00. The van der Waals surface area contributed by atoms with E-state index in [1.54, 1.807) is 30.7 Å². The lowest BCUT2D eigenvalue weighted by molar-refractivity contribution is 0.0990. The Bertz CT molecular complexity index is 957. The summed E-state index contributed by atoms with van der Waals surface area (Å²) in [6.45, 7) is 1.61. The molecule has 0 saturated carbocycles. The van der Waals surface area contributed by atoms with E-state index in [1.165, 1.54) is 12.1 Å². The molecular weight excluding hydrogens is 363 g/mol. The molecule has 3 rings (SSSR count). The van der Waals surface area contributed by atoms with Gasteiger partial charge in [-0.05, 0) is 43.3 Å². The predicted molar refractivity (Wildman–Crippen MR) is 92.4 cm³/mol. The van der Waals surface area contributed by atoms with Gasteiger partial charge in [-0.1, -0.05) is 11.8 Å². The molecule has 26 heavy (non-hydrogen) atoms. The van der Waals surface area contributed by atoms with Crippen molar-refractivity contribution in [2.24, 2.45) is 7.05 Å². The Balaban J connectivity index is 1.80. The fourth-order valence-electron chi connectivity index (χ4n) is 2.39. The summed E-state index contributed by atoms with van der Waals surface area (Å²) in [7, 11) is 1.72. The SMILES string of the molecule is CC(Sc1nnc(-c2ccc(F)cc2)n1C)C(=O)c1ccc(F)cc1F. The van der Waals surface area contributed by atoms with Crippen LogP contribution in [0.1, 0.15) is 17.3 Å². The minimum atomic E-state index is -0.896. The molecule has 0 aliphatic carbocycles. The summed E-state index contributed by atoms with van der Waals surface area (Å²) in [6.07, 6.45) is 0. The number of ketones is 1. The van der Waals surface area contributed by atoms with Crippen molar-refractivity contribution in [1.82, 2.24) is 14.8 Å². The van der Waals surface area contributed by atoms with Crippen LogP contribution in [0.15, 0.2) is 47.6 Å². The van der Waals surface area contributed by atoms with Gasteiger partial charge >= 0.3 is 0 Å². The van der Waals surface area contributed by atoms with E-state index in [1.807, 2.05) is 0 Å². The van der Waals surface area contributed by atoms with Gasteiger partial charge in [0.15, 0.2) is 16.8 Å². The van der Waals surface area contributed by atoms with Gasteiger partial charge in [0, 0.05) is 18.7 Å². The number of carbonyl (C=O) groups is 1. The Hall–Kier alpha value is -2.61. The molecule has 4 nitrogen and oxygen atoms in total. The van der Waals surface area contributed by atoms with Crippen molar-refractivity contribution in [2.45, 2.75) is 17.3 Å². The third kappa shape index (κ3) is 3.65. The van der Waals surface area contributed by atoms with Crippen LogP contribution in [0.4, 0.5) is 13.2 Å². The van der Waals surface area contributed by atoms with Gasteiger partial charge < -0.3 is 4.57 Å². The van der Waals surface area contributed by atoms with Crippen molar-refractivity contribution in [2.75, 3.05) is 0 Å². The number of rotatable bonds is 5. The number of aromatic nitrogens is 3. The zero-order valence-corrected chi connectivity index (χ0v) is 14.7. The van der Waals surface area contributed by atoms with E-state index in [9.17, 15) is 18.0 Å². The molecule has 134 valence electrons. The minimum absolute atomic E-state index is 0.174. The fraction of sp³-hybridized carbons (Fsp3) is 0.167. The zero-order valence-electron chi connectivity index (χ0n) is 13.9. The van der Waals surface area contributed by atoms with Crippen molar-refractivity contribution < 1.29 is 18.0 Å². The van der Waals surface area contributed by atoms with Crippen LogP contribution >= 0.6 is 11.8 Å². The maximum atomic E-state index is 13.8. The molecule has 0 radical (unpaired) electrons. The van der Waals surface area contributed by atoms with E-state index in [0.717, 1.165) is 23.9 Å².